The number of anilines is 4. The Morgan fingerprint density at radius 2 is 1.02 bits per heavy atom. The molecule has 6 aromatic carbocycles. The van der Waals surface area contributed by atoms with E-state index in [-0.39, 0.29) is 11.4 Å². The maximum Gasteiger partial charge on any atom is 0.266 e. The summed E-state index contributed by atoms with van der Waals surface area (Å²) in [5.74, 6) is -1.03. The van der Waals surface area contributed by atoms with Crippen LogP contribution in [-0.4, -0.2) is 16.9 Å². The summed E-state index contributed by atoms with van der Waals surface area (Å²) in [5, 5.41) is 11.8. The molecule has 0 unspecified atom stereocenters. The molecule has 0 atom stereocenters. The normalized spacial score (nSPS) is 12.5. The molecule has 5 heteroatoms. The van der Waals surface area contributed by atoms with Gasteiger partial charge >= 0.3 is 0 Å². The van der Waals surface area contributed by atoms with Gasteiger partial charge in [-0.1, -0.05) is 78.9 Å². The molecular formula is C36H24N2O3. The van der Waals surface area contributed by atoms with Crippen molar-refractivity contribution < 1.29 is 14.7 Å². The third-order valence-electron chi connectivity index (χ3n) is 7.50. The predicted octanol–water partition coefficient (Wildman–Crippen LogP) is 8.48. The molecular weight excluding hydrogens is 508 g/mol. The van der Waals surface area contributed by atoms with Crippen LogP contribution in [0.1, 0.15) is 20.7 Å². The summed E-state index contributed by atoms with van der Waals surface area (Å²) in [5.41, 5.74) is 6.06. The van der Waals surface area contributed by atoms with E-state index in [1.165, 1.54) is 6.07 Å². The monoisotopic (exact) mass is 532 g/mol. The fraction of sp³-hybridized carbons (Fsp3) is 0. The van der Waals surface area contributed by atoms with E-state index in [9.17, 15) is 14.7 Å². The summed E-state index contributed by atoms with van der Waals surface area (Å²) in [6.07, 6.45) is 0. The molecule has 2 amide bonds. The number of rotatable bonds is 5. The Hall–Kier alpha value is -5.68. The summed E-state index contributed by atoms with van der Waals surface area (Å²) in [6, 6.07) is 44.4. The Balaban J connectivity index is 1.32. The zero-order valence-corrected chi connectivity index (χ0v) is 21.9. The number of hydrogen-bond donors (Lipinski definition) is 1. The van der Waals surface area contributed by atoms with Gasteiger partial charge in [-0.2, -0.15) is 0 Å². The minimum Gasteiger partial charge on any atom is -0.506 e. The van der Waals surface area contributed by atoms with Gasteiger partial charge in [-0.05, 0) is 77.2 Å². The molecule has 6 aromatic rings. The lowest BCUT2D eigenvalue weighted by Gasteiger charge is -2.28. The van der Waals surface area contributed by atoms with Crippen molar-refractivity contribution in [3.63, 3.8) is 0 Å². The quantitative estimate of drug-likeness (QED) is 0.226. The van der Waals surface area contributed by atoms with Crippen molar-refractivity contribution >= 4 is 45.3 Å². The smallest absolute Gasteiger partial charge is 0.266 e. The van der Waals surface area contributed by atoms with E-state index in [4.69, 9.17) is 0 Å². The van der Waals surface area contributed by atoms with Crippen LogP contribution in [0.2, 0.25) is 0 Å². The molecule has 0 saturated carbocycles. The molecule has 0 aliphatic carbocycles. The number of phenols is 1. The topological polar surface area (TPSA) is 60.9 Å². The second-order valence-electron chi connectivity index (χ2n) is 9.88. The van der Waals surface area contributed by atoms with Crippen molar-refractivity contribution in [3.05, 3.63) is 151 Å². The van der Waals surface area contributed by atoms with E-state index < -0.39 is 11.8 Å². The molecule has 1 aliphatic rings. The molecule has 5 nitrogen and oxygen atoms in total. The van der Waals surface area contributed by atoms with E-state index in [0.717, 1.165) is 38.5 Å². The molecule has 0 aromatic heterocycles. The molecule has 0 radical (unpaired) electrons. The fourth-order valence-corrected chi connectivity index (χ4v) is 5.61. The fourth-order valence-electron chi connectivity index (χ4n) is 5.61. The van der Waals surface area contributed by atoms with Crippen LogP contribution < -0.4 is 9.80 Å². The Labute approximate surface area is 237 Å². The van der Waals surface area contributed by atoms with Gasteiger partial charge in [-0.25, -0.2) is 4.90 Å². The average molecular weight is 533 g/mol. The van der Waals surface area contributed by atoms with Crippen molar-refractivity contribution in [2.24, 2.45) is 0 Å². The molecule has 0 bridgehead atoms. The number of benzene rings is 6. The van der Waals surface area contributed by atoms with Crippen LogP contribution in [0, 0.1) is 0 Å². The number of phenolic OH excluding ortho intramolecular Hbond substituents is 1. The highest BCUT2D eigenvalue weighted by Crippen LogP contribution is 2.41. The van der Waals surface area contributed by atoms with Crippen LogP contribution in [0.15, 0.2) is 140 Å². The van der Waals surface area contributed by atoms with Gasteiger partial charge in [0.15, 0.2) is 0 Å². The second-order valence-corrected chi connectivity index (χ2v) is 9.88. The van der Waals surface area contributed by atoms with Gasteiger partial charge in [0, 0.05) is 33.6 Å². The molecule has 1 heterocycles. The lowest BCUT2D eigenvalue weighted by molar-refractivity contribution is 0.0892. The van der Waals surface area contributed by atoms with Gasteiger partial charge in [-0.3, -0.25) is 9.59 Å². The first kappa shape index (κ1) is 24.4. The Kier molecular flexibility index (Phi) is 5.83. The minimum absolute atomic E-state index is 0.124. The maximum absolute atomic E-state index is 13.6. The van der Waals surface area contributed by atoms with Crippen LogP contribution >= 0.6 is 0 Å². The number of carbonyl (C=O) groups excluding carboxylic acids is 2. The number of carbonyl (C=O) groups is 2. The Morgan fingerprint density at radius 1 is 0.488 bits per heavy atom. The third kappa shape index (κ3) is 4.03. The first-order valence-corrected chi connectivity index (χ1v) is 13.3. The number of para-hydroxylation sites is 4. The van der Waals surface area contributed by atoms with Crippen LogP contribution in [0.5, 0.6) is 5.75 Å². The molecule has 7 rings (SSSR count). The zero-order valence-electron chi connectivity index (χ0n) is 21.9. The summed E-state index contributed by atoms with van der Waals surface area (Å²) >= 11 is 0. The zero-order chi connectivity index (χ0) is 27.9. The Morgan fingerprint density at radius 3 is 1.66 bits per heavy atom. The van der Waals surface area contributed by atoms with Crippen LogP contribution in [0.4, 0.5) is 22.7 Å². The number of aromatic hydroxyl groups is 1. The van der Waals surface area contributed by atoms with Gasteiger partial charge in [0.25, 0.3) is 11.8 Å². The summed E-state index contributed by atoms with van der Waals surface area (Å²) in [6.45, 7) is 0. The number of hydrogen-bond acceptors (Lipinski definition) is 4. The highest BCUT2D eigenvalue weighted by molar-refractivity contribution is 6.36. The van der Waals surface area contributed by atoms with Crippen molar-refractivity contribution in [2.45, 2.75) is 0 Å². The third-order valence-corrected chi connectivity index (χ3v) is 7.50. The number of imide groups is 1. The van der Waals surface area contributed by atoms with Crippen molar-refractivity contribution in [1.29, 1.82) is 0 Å². The summed E-state index contributed by atoms with van der Waals surface area (Å²) < 4.78 is 0. The van der Waals surface area contributed by atoms with Gasteiger partial charge in [-0.15, -0.1) is 0 Å². The summed E-state index contributed by atoms with van der Waals surface area (Å²) in [7, 11) is 0. The minimum atomic E-state index is -0.455. The van der Waals surface area contributed by atoms with E-state index in [1.54, 1.807) is 30.3 Å². The van der Waals surface area contributed by atoms with Crippen molar-refractivity contribution in [3.8, 4) is 16.9 Å². The molecule has 0 fully saturated rings. The Bertz CT molecular complexity index is 1870. The van der Waals surface area contributed by atoms with Crippen LogP contribution in [-0.2, 0) is 0 Å². The first-order chi connectivity index (χ1) is 20.1. The molecule has 196 valence electrons. The van der Waals surface area contributed by atoms with Crippen molar-refractivity contribution in [2.75, 3.05) is 9.80 Å². The van der Waals surface area contributed by atoms with Crippen molar-refractivity contribution in [1.82, 2.24) is 0 Å². The molecule has 0 saturated heterocycles. The summed E-state index contributed by atoms with van der Waals surface area (Å²) in [4.78, 5) is 30.4. The van der Waals surface area contributed by atoms with Gasteiger partial charge < -0.3 is 10.0 Å². The standard InChI is InChI=1S/C36H24N2O3/c39-33-17-8-7-16-32(33)38-35(40)30-15-9-14-29-28(22-23-31(34(29)30)36(38)41)24-18-20-27(21-19-24)37(25-10-3-1-4-11-25)26-12-5-2-6-13-26/h1-23,39H. The SMILES string of the molecule is O=C1c2cccc3c(-c4ccc(N(c5ccccc5)c5ccccc5)cc4)ccc(c23)C(=O)N1c1ccccc1O. The van der Waals surface area contributed by atoms with E-state index in [1.807, 2.05) is 54.6 Å². The average Bonchev–Trinajstić information content (AvgIpc) is 3.02. The largest absolute Gasteiger partial charge is 0.506 e. The number of amides is 2. The van der Waals surface area contributed by atoms with Crippen LogP contribution in [0.25, 0.3) is 21.9 Å². The van der Waals surface area contributed by atoms with Gasteiger partial charge in [0.1, 0.15) is 5.75 Å². The van der Waals surface area contributed by atoms with Gasteiger partial charge in [0.05, 0.1) is 5.69 Å². The second kappa shape index (κ2) is 9.81. The predicted molar refractivity (Wildman–Crippen MR) is 163 cm³/mol. The van der Waals surface area contributed by atoms with Crippen LogP contribution in [0.3, 0.4) is 0 Å². The number of nitrogens with zero attached hydrogens (tertiary/aromatic N) is 2. The first-order valence-electron chi connectivity index (χ1n) is 13.3. The molecule has 0 spiro atoms. The lowest BCUT2D eigenvalue weighted by atomic mass is 9.89. The van der Waals surface area contributed by atoms with E-state index in [2.05, 4.69) is 53.4 Å². The highest BCUT2D eigenvalue weighted by atomic mass is 16.3. The molecule has 1 N–H and O–H groups in total. The lowest BCUT2D eigenvalue weighted by Crippen LogP contribution is -2.40. The molecule has 1 aliphatic heterocycles. The van der Waals surface area contributed by atoms with E-state index in [0.29, 0.717) is 16.5 Å². The van der Waals surface area contributed by atoms with Gasteiger partial charge in [0.2, 0.25) is 0 Å². The van der Waals surface area contributed by atoms with E-state index >= 15 is 0 Å². The maximum atomic E-state index is 13.6. The molecule has 41 heavy (non-hydrogen) atoms. The highest BCUT2D eigenvalue weighted by Gasteiger charge is 2.35.